The number of ether oxygens (including phenoxy) is 8. The van der Waals surface area contributed by atoms with Crippen LogP contribution in [0.15, 0.2) is 121 Å². The number of H-pyrrole nitrogens is 1. The third kappa shape index (κ3) is 24.2. The predicted octanol–water partition coefficient (Wildman–Crippen LogP) is 5.83. The van der Waals surface area contributed by atoms with E-state index in [4.69, 9.17) is 37.9 Å². The Kier molecular flexibility index (Phi) is 30.3. The summed E-state index contributed by atoms with van der Waals surface area (Å²) in [6.45, 7) is 10.3. The molecule has 37 nitrogen and oxygen atoms in total. The standard InChI is InChI=1S/C80H95FN18O19/c1-48-37-51(81)38-49(2)69(48)118-62-16-11-50(80(3,4)110)39-56(62)58-45-99(10)78(108)68-57(58)42-59(89-68)79(109)117-55-14-12-54(13-15-55)116-36-35-115-34-33-114-32-31-113-30-29-112-28-27-111-26-24-82-65(100)17-20-86-75(105)71-92-63(46-97(71)8)90-66(101)18-21-85-74(104)61-41-53(44-96(61)7)88-77(107)72-93-64(47-98(72)9)91-67(102)19-22-84-73(103)60-40-52(43-95(60)6)87-76(106)70-83-23-25-94(70)5/h11-16,23,25,37-47,89,110H,17-22,24,26-36H2,1-10H3,(H,82,100)(H,84,103)(H,85,104)(H,86,105)(H,87,106)(H,88,107)(H,90,101)(H,91,102). The summed E-state index contributed by atoms with van der Waals surface area (Å²) >= 11 is 0. The first kappa shape index (κ1) is 87.2. The Balaban J connectivity index is 0.512. The number of nitrogens with one attached hydrogen (secondary N) is 9. The summed E-state index contributed by atoms with van der Waals surface area (Å²) in [5, 5.41) is 32.7. The van der Waals surface area contributed by atoms with E-state index in [-0.39, 0.29) is 141 Å². The number of imidazole rings is 3. The van der Waals surface area contributed by atoms with Gasteiger partial charge in [-0.15, -0.1) is 0 Å². The summed E-state index contributed by atoms with van der Waals surface area (Å²) in [5.74, 6) is -3.30. The van der Waals surface area contributed by atoms with Gasteiger partial charge < -0.3 is 118 Å². The molecule has 0 radical (unpaired) electrons. The van der Waals surface area contributed by atoms with E-state index in [1.165, 1.54) is 78.0 Å². The first-order valence-corrected chi connectivity index (χ1v) is 37.5. The lowest BCUT2D eigenvalue weighted by Crippen LogP contribution is -2.33. The number of anilines is 4. The number of aromatic nitrogens is 10. The second-order valence-electron chi connectivity index (χ2n) is 27.7. The molecule has 0 unspecified atom stereocenters. The molecular formula is C80H95FN18O19. The molecule has 0 fully saturated rings. The molecule has 38 heteroatoms. The molecule has 10 N–H and O–H groups in total. The number of aromatic amines is 1. The predicted molar refractivity (Wildman–Crippen MR) is 429 cm³/mol. The Bertz CT molecular complexity index is 5310. The average molecular weight is 1630 g/mol. The number of nitrogens with zero attached hydrogens (tertiary/aromatic N) is 9. The van der Waals surface area contributed by atoms with Gasteiger partial charge in [0, 0.05) is 148 Å². The molecule has 7 aromatic heterocycles. The van der Waals surface area contributed by atoms with Crippen molar-refractivity contribution in [2.45, 2.75) is 52.6 Å². The summed E-state index contributed by atoms with van der Waals surface area (Å²) in [6.07, 6.45) is 10.4. The Morgan fingerprint density at radius 2 is 0.983 bits per heavy atom. The van der Waals surface area contributed by atoms with Crippen molar-refractivity contribution < 1.29 is 90.5 Å². The molecule has 0 atom stereocenters. The minimum atomic E-state index is -1.24. The van der Waals surface area contributed by atoms with Crippen LogP contribution >= 0.6 is 0 Å². The van der Waals surface area contributed by atoms with E-state index in [1.54, 1.807) is 136 Å². The van der Waals surface area contributed by atoms with Crippen LogP contribution < -0.4 is 62.3 Å². The lowest BCUT2D eigenvalue weighted by Gasteiger charge is -2.22. The summed E-state index contributed by atoms with van der Waals surface area (Å²) in [4.78, 5) is 145. The first-order valence-electron chi connectivity index (χ1n) is 37.5. The lowest BCUT2D eigenvalue weighted by molar-refractivity contribution is -0.121. The highest BCUT2D eigenvalue weighted by atomic mass is 19.1. The first-order chi connectivity index (χ1) is 56.5. The van der Waals surface area contributed by atoms with Crippen LogP contribution in [0.2, 0.25) is 0 Å². The highest BCUT2D eigenvalue weighted by Crippen LogP contribution is 2.41. The molecule has 7 heterocycles. The molecule has 0 aliphatic carbocycles. The van der Waals surface area contributed by atoms with Crippen molar-refractivity contribution in [1.29, 1.82) is 0 Å². The van der Waals surface area contributed by atoms with Crippen molar-refractivity contribution in [3.63, 3.8) is 0 Å². The maximum absolute atomic E-state index is 14.2. The van der Waals surface area contributed by atoms with Gasteiger partial charge in [-0.05, 0) is 111 Å². The van der Waals surface area contributed by atoms with Crippen molar-refractivity contribution in [2.75, 3.05) is 120 Å². The highest BCUT2D eigenvalue weighted by Gasteiger charge is 2.27. The minimum absolute atomic E-state index is 0.00480. The second-order valence-corrected chi connectivity index (χ2v) is 27.7. The lowest BCUT2D eigenvalue weighted by atomic mass is 9.93. The number of benzene rings is 3. The smallest absolute Gasteiger partial charge is 0.360 e. The molecule has 0 saturated carbocycles. The molecule has 0 saturated heterocycles. The van der Waals surface area contributed by atoms with Crippen LogP contribution in [0.4, 0.5) is 27.4 Å². The minimum Gasteiger partial charge on any atom is -0.491 e. The molecule has 0 spiro atoms. The number of carbonyl (C=O) groups excluding carboxylic acids is 9. The number of hydrogen-bond donors (Lipinski definition) is 10. The number of halogens is 1. The maximum Gasteiger partial charge on any atom is 0.360 e. The number of aliphatic hydroxyl groups is 1. The summed E-state index contributed by atoms with van der Waals surface area (Å²) in [5.41, 5.74) is 2.33. The number of rotatable bonds is 43. The Morgan fingerprint density at radius 3 is 1.51 bits per heavy atom. The largest absolute Gasteiger partial charge is 0.491 e. The topological polar surface area (TPSA) is 445 Å². The molecule has 118 heavy (non-hydrogen) atoms. The second kappa shape index (κ2) is 40.9. The molecule has 10 aromatic rings. The van der Waals surface area contributed by atoms with Gasteiger partial charge in [0.2, 0.25) is 29.4 Å². The van der Waals surface area contributed by atoms with Gasteiger partial charge in [-0.3, -0.25) is 43.2 Å². The van der Waals surface area contributed by atoms with Crippen LogP contribution in [0.3, 0.4) is 0 Å². The van der Waals surface area contributed by atoms with E-state index in [2.05, 4.69) is 62.5 Å². The summed E-state index contributed by atoms with van der Waals surface area (Å²) in [6, 6.07) is 18.9. The van der Waals surface area contributed by atoms with Gasteiger partial charge in [-0.2, -0.15) is 0 Å². The molecule has 0 aliphatic heterocycles. The zero-order chi connectivity index (χ0) is 84.7. The van der Waals surface area contributed by atoms with Crippen LogP contribution in [-0.2, 0) is 86.0 Å². The van der Waals surface area contributed by atoms with Crippen molar-refractivity contribution in [1.82, 2.24) is 68.6 Å². The number of amides is 8. The third-order valence-corrected chi connectivity index (χ3v) is 18.0. The Labute approximate surface area is 676 Å². The fraction of sp³-hybridized carbons (Fsp3) is 0.362. The summed E-state index contributed by atoms with van der Waals surface area (Å²) in [7, 11) is 9.60. The zero-order valence-corrected chi connectivity index (χ0v) is 66.9. The van der Waals surface area contributed by atoms with Crippen LogP contribution in [0.5, 0.6) is 23.0 Å². The van der Waals surface area contributed by atoms with Crippen molar-refractivity contribution in [3.8, 4) is 34.1 Å². The van der Waals surface area contributed by atoms with Crippen LogP contribution in [0.25, 0.3) is 22.0 Å². The van der Waals surface area contributed by atoms with E-state index < -0.39 is 64.3 Å². The Hall–Kier alpha value is -13.1. The van der Waals surface area contributed by atoms with Gasteiger partial charge in [0.05, 0.1) is 83.0 Å². The van der Waals surface area contributed by atoms with Gasteiger partial charge in [0.1, 0.15) is 58.0 Å². The zero-order valence-electron chi connectivity index (χ0n) is 66.9. The number of aryl methyl sites for hydroxylation is 8. The van der Waals surface area contributed by atoms with E-state index in [0.717, 1.165) is 0 Å². The van der Waals surface area contributed by atoms with Gasteiger partial charge in [0.25, 0.3) is 35.1 Å². The summed E-state index contributed by atoms with van der Waals surface area (Å²) < 4.78 is 68.8. The van der Waals surface area contributed by atoms with Gasteiger partial charge in [0.15, 0.2) is 17.5 Å². The number of esters is 1. The Morgan fingerprint density at radius 1 is 0.492 bits per heavy atom. The number of fused-ring (bicyclic) bond motifs is 1. The molecule has 626 valence electrons. The molecule has 8 amide bonds. The number of hydrogen-bond acceptors (Lipinski definition) is 22. The van der Waals surface area contributed by atoms with Crippen LogP contribution in [0, 0.1) is 19.7 Å². The van der Waals surface area contributed by atoms with E-state index in [1.807, 2.05) is 0 Å². The van der Waals surface area contributed by atoms with E-state index in [9.17, 15) is 57.4 Å². The van der Waals surface area contributed by atoms with Gasteiger partial charge >= 0.3 is 5.97 Å². The van der Waals surface area contributed by atoms with Crippen LogP contribution in [-0.4, -0.2) is 205 Å². The van der Waals surface area contributed by atoms with Crippen LogP contribution in [0.1, 0.15) is 113 Å². The SMILES string of the molecule is Cc1cc(F)cc(C)c1Oc1ccc(C(C)(C)O)cc1-c1cn(C)c(=O)c2[nH]c(C(=O)Oc3ccc(OCCOCCOCCOCCOCCOCCNC(=O)CCNC(=O)c4nc(NC(=O)CCNC(=O)c5cc(NC(=O)c6nc(NC(=O)CCNC(=O)c7cc(NC(=O)c8nccn8C)cn7C)cn6C)cn5C)cn4C)cc3)cc12. The fourth-order valence-electron chi connectivity index (χ4n) is 12.0. The molecule has 0 aliphatic rings. The van der Waals surface area contributed by atoms with Crippen molar-refractivity contribution in [3.05, 3.63) is 184 Å². The number of carbonyl (C=O) groups is 9. The third-order valence-electron chi connectivity index (χ3n) is 18.0. The quantitative estimate of drug-likeness (QED) is 0.0122. The monoisotopic (exact) mass is 1630 g/mol. The molecule has 0 bridgehead atoms. The highest BCUT2D eigenvalue weighted by molar-refractivity contribution is 6.06. The van der Waals surface area contributed by atoms with E-state index in [0.29, 0.717) is 102 Å². The normalized spacial score (nSPS) is 11.3. The average Bonchev–Trinajstić information content (AvgIpc) is 1.56. The van der Waals surface area contributed by atoms with Gasteiger partial charge in [-0.25, -0.2) is 24.1 Å². The van der Waals surface area contributed by atoms with Crippen molar-refractivity contribution >= 4 is 87.1 Å². The van der Waals surface area contributed by atoms with Crippen molar-refractivity contribution in [2.24, 2.45) is 42.3 Å². The maximum atomic E-state index is 14.2. The molecule has 10 rings (SSSR count). The number of pyridine rings is 1. The fourth-order valence-corrected chi connectivity index (χ4v) is 12.0. The van der Waals surface area contributed by atoms with E-state index >= 15 is 0 Å². The molecule has 3 aromatic carbocycles. The molecular weight excluding hydrogens is 1540 g/mol. The van der Waals surface area contributed by atoms with Gasteiger partial charge in [-0.1, -0.05) is 6.07 Å².